The summed E-state index contributed by atoms with van der Waals surface area (Å²) < 4.78 is 31.9. The van der Waals surface area contributed by atoms with Crippen LogP contribution < -0.4 is 4.74 Å². The summed E-state index contributed by atoms with van der Waals surface area (Å²) in [7, 11) is -1.92. The second-order valence-electron chi connectivity index (χ2n) is 2.72. The number of sulfonamides is 1. The predicted molar refractivity (Wildman–Crippen MR) is 60.7 cm³/mol. The zero-order valence-electron chi connectivity index (χ0n) is 7.19. The van der Waals surface area contributed by atoms with E-state index in [4.69, 9.17) is 4.74 Å². The molecule has 0 saturated carbocycles. The maximum atomic E-state index is 11.4. The zero-order chi connectivity index (χ0) is 10.3. The lowest BCUT2D eigenvalue weighted by molar-refractivity contribution is 0.414. The number of rotatable bonds is 1. The fraction of sp³-hybridized carbons (Fsp3) is 0.125. The first kappa shape index (κ1) is 9.91. The summed E-state index contributed by atoms with van der Waals surface area (Å²) in [4.78, 5) is 0.253. The molecule has 1 aliphatic rings. The van der Waals surface area contributed by atoms with Crippen molar-refractivity contribution in [2.24, 2.45) is 4.40 Å². The van der Waals surface area contributed by atoms with Crippen LogP contribution in [0.15, 0.2) is 27.5 Å². The number of halogens is 1. The maximum Gasteiger partial charge on any atom is 0.284 e. The Hall–Kier alpha value is -0.630. The smallest absolute Gasteiger partial charge is 0.284 e. The third-order valence-corrected chi connectivity index (χ3v) is 4.37. The van der Waals surface area contributed by atoms with Gasteiger partial charge in [0.2, 0.25) is 0 Å². The Bertz CT molecular complexity index is 521. The van der Waals surface area contributed by atoms with Crippen LogP contribution in [0, 0.1) is 0 Å². The van der Waals surface area contributed by atoms with Crippen LogP contribution in [0.4, 0.5) is 0 Å². The molecule has 4 nitrogen and oxygen atoms in total. The number of ether oxygens (including phenoxy) is 1. The van der Waals surface area contributed by atoms with Crippen molar-refractivity contribution >= 4 is 36.3 Å². The molecule has 0 atom stereocenters. The summed E-state index contributed by atoms with van der Waals surface area (Å²) in [5.41, 5.74) is 0.616. The minimum Gasteiger partial charge on any atom is -0.497 e. The number of benzene rings is 1. The van der Waals surface area contributed by atoms with Crippen molar-refractivity contribution in [3.05, 3.63) is 23.8 Å². The van der Waals surface area contributed by atoms with Crippen molar-refractivity contribution in [3.8, 4) is 5.75 Å². The molecular formula is C8H6INO3S. The van der Waals surface area contributed by atoms with Crippen LogP contribution in [-0.2, 0) is 10.0 Å². The minimum absolute atomic E-state index is 0.253. The highest BCUT2D eigenvalue weighted by Gasteiger charge is 2.27. The molecule has 6 heteroatoms. The van der Waals surface area contributed by atoms with Gasteiger partial charge in [0, 0.05) is 5.56 Å². The van der Waals surface area contributed by atoms with Crippen molar-refractivity contribution in [1.82, 2.24) is 0 Å². The largest absolute Gasteiger partial charge is 0.497 e. The van der Waals surface area contributed by atoms with Gasteiger partial charge in [0.15, 0.2) is 0 Å². The summed E-state index contributed by atoms with van der Waals surface area (Å²) in [6.45, 7) is 0. The van der Waals surface area contributed by atoms with Crippen LogP contribution in [0.3, 0.4) is 0 Å². The van der Waals surface area contributed by atoms with E-state index in [0.717, 1.165) is 0 Å². The summed E-state index contributed by atoms with van der Waals surface area (Å²) in [5, 5.41) is 0. The fourth-order valence-electron chi connectivity index (χ4n) is 1.23. The highest BCUT2D eigenvalue weighted by atomic mass is 127. The Morgan fingerprint density at radius 2 is 2.14 bits per heavy atom. The lowest BCUT2D eigenvalue weighted by Gasteiger charge is -2.01. The van der Waals surface area contributed by atoms with Gasteiger partial charge in [-0.3, -0.25) is 0 Å². The standard InChI is InChI=1S/C8H6INO3S/c1-13-5-2-3-7-6(4-5)8(9)10-14(7,11)12/h2-4H,1H3. The molecule has 74 valence electrons. The van der Waals surface area contributed by atoms with Gasteiger partial charge in [-0.25, -0.2) is 0 Å². The molecule has 0 saturated heterocycles. The van der Waals surface area contributed by atoms with Gasteiger partial charge in [0.1, 0.15) is 9.47 Å². The number of methoxy groups -OCH3 is 1. The highest BCUT2D eigenvalue weighted by Crippen LogP contribution is 2.31. The monoisotopic (exact) mass is 323 g/mol. The molecule has 0 spiro atoms. The number of nitrogens with zero attached hydrogens (tertiary/aromatic N) is 1. The Kier molecular flexibility index (Phi) is 2.26. The summed E-state index contributed by atoms with van der Waals surface area (Å²) in [5.74, 6) is 0.630. The van der Waals surface area contributed by atoms with Gasteiger partial charge in [-0.05, 0) is 40.8 Å². The van der Waals surface area contributed by atoms with Gasteiger partial charge >= 0.3 is 0 Å². The molecule has 1 heterocycles. The summed E-state index contributed by atoms with van der Waals surface area (Å²) in [6, 6.07) is 4.80. The third kappa shape index (κ3) is 1.42. The first-order valence-corrected chi connectivity index (χ1v) is 6.25. The molecular weight excluding hydrogens is 317 g/mol. The van der Waals surface area contributed by atoms with Crippen molar-refractivity contribution in [2.75, 3.05) is 7.11 Å². The van der Waals surface area contributed by atoms with Gasteiger partial charge in [-0.15, -0.1) is 0 Å². The molecule has 1 aliphatic heterocycles. The third-order valence-electron chi connectivity index (χ3n) is 1.89. The molecule has 0 bridgehead atoms. The first-order chi connectivity index (χ1) is 6.54. The fourth-order valence-corrected chi connectivity index (χ4v) is 3.71. The molecule has 14 heavy (non-hydrogen) atoms. The van der Waals surface area contributed by atoms with Gasteiger partial charge in [-0.2, -0.15) is 12.8 Å². The van der Waals surface area contributed by atoms with Gasteiger partial charge < -0.3 is 4.74 Å². The van der Waals surface area contributed by atoms with E-state index < -0.39 is 10.0 Å². The molecule has 1 aromatic rings. The molecule has 0 unspecified atom stereocenters. The SMILES string of the molecule is COc1ccc2c(c1)C(I)=NS2(=O)=O. The molecule has 0 fully saturated rings. The Labute approximate surface area is 95.2 Å². The first-order valence-electron chi connectivity index (χ1n) is 3.73. The van der Waals surface area contributed by atoms with E-state index in [0.29, 0.717) is 15.0 Å². The van der Waals surface area contributed by atoms with E-state index in [1.54, 1.807) is 12.1 Å². The summed E-state index contributed by atoms with van der Waals surface area (Å²) in [6.07, 6.45) is 0. The Balaban J connectivity index is 2.71. The van der Waals surface area contributed by atoms with Crippen molar-refractivity contribution in [1.29, 1.82) is 0 Å². The quantitative estimate of drug-likeness (QED) is 0.738. The van der Waals surface area contributed by atoms with Crippen LogP contribution in [-0.4, -0.2) is 19.2 Å². The second-order valence-corrected chi connectivity index (χ2v) is 5.31. The molecule has 1 aromatic carbocycles. The molecule has 0 amide bonds. The Morgan fingerprint density at radius 1 is 1.43 bits per heavy atom. The molecule has 0 radical (unpaired) electrons. The predicted octanol–water partition coefficient (Wildman–Crippen LogP) is 1.58. The normalized spacial score (nSPS) is 17.4. The molecule has 0 aliphatic carbocycles. The van der Waals surface area contributed by atoms with E-state index >= 15 is 0 Å². The lowest BCUT2D eigenvalue weighted by atomic mass is 10.2. The van der Waals surface area contributed by atoms with E-state index in [1.165, 1.54) is 13.2 Å². The van der Waals surface area contributed by atoms with Crippen molar-refractivity contribution in [3.63, 3.8) is 0 Å². The van der Waals surface area contributed by atoms with Gasteiger partial charge in [0.25, 0.3) is 10.0 Å². The van der Waals surface area contributed by atoms with Gasteiger partial charge in [0.05, 0.1) is 12.0 Å². The molecule has 2 rings (SSSR count). The van der Waals surface area contributed by atoms with Crippen LogP contribution in [0.25, 0.3) is 0 Å². The lowest BCUT2D eigenvalue weighted by Crippen LogP contribution is -1.94. The van der Waals surface area contributed by atoms with Crippen LogP contribution in [0.2, 0.25) is 0 Å². The van der Waals surface area contributed by atoms with Crippen LogP contribution >= 0.6 is 22.6 Å². The van der Waals surface area contributed by atoms with Crippen molar-refractivity contribution in [2.45, 2.75) is 4.90 Å². The average Bonchev–Trinajstić information content (AvgIpc) is 2.37. The maximum absolute atomic E-state index is 11.4. The zero-order valence-corrected chi connectivity index (χ0v) is 10.2. The van der Waals surface area contributed by atoms with E-state index in [2.05, 4.69) is 4.40 Å². The van der Waals surface area contributed by atoms with E-state index in [9.17, 15) is 8.42 Å². The summed E-state index contributed by atoms with van der Waals surface area (Å²) >= 11 is 1.90. The van der Waals surface area contributed by atoms with E-state index in [1.807, 2.05) is 22.6 Å². The molecule has 0 aromatic heterocycles. The number of hydrogen-bond donors (Lipinski definition) is 0. The average molecular weight is 323 g/mol. The minimum atomic E-state index is -3.45. The van der Waals surface area contributed by atoms with Crippen LogP contribution in [0.1, 0.15) is 5.56 Å². The van der Waals surface area contributed by atoms with Crippen molar-refractivity contribution < 1.29 is 13.2 Å². The number of fused-ring (bicyclic) bond motifs is 1. The van der Waals surface area contributed by atoms with Crippen LogP contribution in [0.5, 0.6) is 5.75 Å². The highest BCUT2D eigenvalue weighted by molar-refractivity contribution is 14.1. The van der Waals surface area contributed by atoms with Gasteiger partial charge in [-0.1, -0.05) is 0 Å². The number of hydrogen-bond acceptors (Lipinski definition) is 3. The topological polar surface area (TPSA) is 55.7 Å². The second kappa shape index (κ2) is 3.20. The van der Waals surface area contributed by atoms with E-state index in [-0.39, 0.29) is 4.90 Å². The Morgan fingerprint density at radius 3 is 2.79 bits per heavy atom. The molecule has 0 N–H and O–H groups in total.